The van der Waals surface area contributed by atoms with Gasteiger partial charge in [-0.25, -0.2) is 9.97 Å². The first-order valence-electron chi connectivity index (χ1n) is 7.28. The van der Waals surface area contributed by atoms with Crippen molar-refractivity contribution < 1.29 is 4.79 Å². The number of benzene rings is 1. The summed E-state index contributed by atoms with van der Waals surface area (Å²) in [6.07, 6.45) is 6.40. The Morgan fingerprint density at radius 1 is 1.00 bits per heavy atom. The lowest BCUT2D eigenvalue weighted by atomic mass is 9.99. The molecule has 1 atom stereocenters. The van der Waals surface area contributed by atoms with E-state index < -0.39 is 0 Å². The number of carbonyl (C=O) groups excluding carboxylic acids is 1. The van der Waals surface area contributed by atoms with Crippen LogP contribution in [0, 0.1) is 6.92 Å². The van der Waals surface area contributed by atoms with Gasteiger partial charge in [0.1, 0.15) is 6.33 Å². The quantitative estimate of drug-likeness (QED) is 0.804. The molecule has 0 saturated heterocycles. The van der Waals surface area contributed by atoms with Gasteiger partial charge in [0, 0.05) is 18.6 Å². The maximum atomic E-state index is 12.6. The zero-order valence-electron chi connectivity index (χ0n) is 12.7. The number of aryl methyl sites for hydroxylation is 1. The van der Waals surface area contributed by atoms with Crippen molar-refractivity contribution in [2.24, 2.45) is 0 Å². The Balaban J connectivity index is 1.94. The molecule has 5 nitrogen and oxygen atoms in total. The third-order valence-corrected chi connectivity index (χ3v) is 3.60. The molecule has 0 aliphatic carbocycles. The molecule has 2 aromatic heterocycles. The predicted molar refractivity (Wildman–Crippen MR) is 86.8 cm³/mol. The molecule has 3 aromatic rings. The molecule has 0 fully saturated rings. The van der Waals surface area contributed by atoms with Crippen molar-refractivity contribution in [3.05, 3.63) is 89.8 Å². The Hall–Kier alpha value is -3.08. The molecule has 5 heteroatoms. The Bertz CT molecular complexity index is 751. The van der Waals surface area contributed by atoms with Gasteiger partial charge in [0.05, 0.1) is 17.3 Å². The third kappa shape index (κ3) is 3.40. The SMILES string of the molecule is Cc1ncncc1C(=O)N[C@@H](c1ccccc1)c1ccncc1. The number of pyridine rings is 1. The van der Waals surface area contributed by atoms with Crippen molar-refractivity contribution in [2.45, 2.75) is 13.0 Å². The van der Waals surface area contributed by atoms with E-state index in [4.69, 9.17) is 0 Å². The third-order valence-electron chi connectivity index (χ3n) is 3.60. The van der Waals surface area contributed by atoms with Crippen LogP contribution >= 0.6 is 0 Å². The fourth-order valence-electron chi connectivity index (χ4n) is 2.38. The fraction of sp³-hybridized carbons (Fsp3) is 0.111. The van der Waals surface area contributed by atoms with Crippen LogP contribution < -0.4 is 5.32 Å². The topological polar surface area (TPSA) is 67.8 Å². The van der Waals surface area contributed by atoms with Crippen LogP contribution in [0.5, 0.6) is 0 Å². The molecule has 3 rings (SSSR count). The molecule has 0 unspecified atom stereocenters. The number of aromatic nitrogens is 3. The number of nitrogens with one attached hydrogen (secondary N) is 1. The van der Waals surface area contributed by atoms with Crippen LogP contribution in [-0.2, 0) is 0 Å². The van der Waals surface area contributed by atoms with Crippen molar-refractivity contribution in [2.75, 3.05) is 0 Å². The van der Waals surface area contributed by atoms with Crippen LogP contribution in [0.1, 0.15) is 33.2 Å². The monoisotopic (exact) mass is 304 g/mol. The van der Waals surface area contributed by atoms with E-state index in [0.717, 1.165) is 11.1 Å². The second-order valence-electron chi connectivity index (χ2n) is 5.12. The second-order valence-corrected chi connectivity index (χ2v) is 5.12. The van der Waals surface area contributed by atoms with Crippen LogP contribution in [0.25, 0.3) is 0 Å². The normalized spacial score (nSPS) is 11.7. The van der Waals surface area contributed by atoms with Gasteiger partial charge in [-0.15, -0.1) is 0 Å². The van der Waals surface area contributed by atoms with Crippen molar-refractivity contribution in [3.8, 4) is 0 Å². The van der Waals surface area contributed by atoms with E-state index in [1.807, 2.05) is 42.5 Å². The highest BCUT2D eigenvalue weighted by Crippen LogP contribution is 2.22. The fourth-order valence-corrected chi connectivity index (χ4v) is 2.38. The van der Waals surface area contributed by atoms with Crippen molar-refractivity contribution >= 4 is 5.91 Å². The van der Waals surface area contributed by atoms with Gasteiger partial charge in [-0.3, -0.25) is 9.78 Å². The summed E-state index contributed by atoms with van der Waals surface area (Å²) in [5.74, 6) is -0.200. The standard InChI is InChI=1S/C18H16N4O/c1-13-16(11-20-12-21-13)18(23)22-17(14-5-3-2-4-6-14)15-7-9-19-10-8-15/h2-12,17H,1H3,(H,22,23)/t17-/m0/s1. The van der Waals surface area contributed by atoms with Crippen LogP contribution in [0.4, 0.5) is 0 Å². The maximum absolute atomic E-state index is 12.6. The van der Waals surface area contributed by atoms with Gasteiger partial charge in [0.25, 0.3) is 5.91 Å². The average molecular weight is 304 g/mol. The average Bonchev–Trinajstić information content (AvgIpc) is 2.61. The molecular formula is C18H16N4O. The molecule has 1 amide bonds. The van der Waals surface area contributed by atoms with Crippen molar-refractivity contribution in [1.82, 2.24) is 20.3 Å². The Morgan fingerprint density at radius 2 is 1.70 bits per heavy atom. The molecule has 114 valence electrons. The minimum absolute atomic E-state index is 0.200. The molecule has 1 N–H and O–H groups in total. The highest BCUT2D eigenvalue weighted by molar-refractivity contribution is 5.95. The van der Waals surface area contributed by atoms with Gasteiger partial charge in [0.2, 0.25) is 0 Å². The molecule has 0 aliphatic rings. The van der Waals surface area contributed by atoms with E-state index in [0.29, 0.717) is 11.3 Å². The molecule has 0 radical (unpaired) electrons. The van der Waals surface area contributed by atoms with E-state index in [1.54, 1.807) is 19.3 Å². The Morgan fingerprint density at radius 3 is 2.39 bits per heavy atom. The summed E-state index contributed by atoms with van der Waals surface area (Å²) >= 11 is 0. The largest absolute Gasteiger partial charge is 0.341 e. The Kier molecular flexibility index (Phi) is 4.38. The molecular weight excluding hydrogens is 288 g/mol. The summed E-state index contributed by atoms with van der Waals surface area (Å²) in [6.45, 7) is 1.79. The van der Waals surface area contributed by atoms with E-state index in [-0.39, 0.29) is 11.9 Å². The lowest BCUT2D eigenvalue weighted by molar-refractivity contribution is 0.0941. The summed E-state index contributed by atoms with van der Waals surface area (Å²) < 4.78 is 0. The van der Waals surface area contributed by atoms with E-state index in [2.05, 4.69) is 20.3 Å². The molecule has 23 heavy (non-hydrogen) atoms. The number of hydrogen-bond donors (Lipinski definition) is 1. The molecule has 0 bridgehead atoms. The number of hydrogen-bond acceptors (Lipinski definition) is 4. The van der Waals surface area contributed by atoms with Gasteiger partial charge in [-0.05, 0) is 30.2 Å². The van der Waals surface area contributed by atoms with Gasteiger partial charge in [-0.2, -0.15) is 0 Å². The minimum atomic E-state index is -0.258. The van der Waals surface area contributed by atoms with E-state index >= 15 is 0 Å². The summed E-state index contributed by atoms with van der Waals surface area (Å²) in [7, 11) is 0. The number of nitrogens with zero attached hydrogens (tertiary/aromatic N) is 3. The highest BCUT2D eigenvalue weighted by Gasteiger charge is 2.19. The predicted octanol–water partition coefficient (Wildman–Crippen LogP) is 2.70. The number of amides is 1. The highest BCUT2D eigenvalue weighted by atomic mass is 16.1. The lowest BCUT2D eigenvalue weighted by Gasteiger charge is -2.20. The maximum Gasteiger partial charge on any atom is 0.255 e. The molecule has 0 saturated carbocycles. The second kappa shape index (κ2) is 6.79. The van der Waals surface area contributed by atoms with E-state index in [1.165, 1.54) is 12.5 Å². The summed E-state index contributed by atoms with van der Waals surface area (Å²) in [5, 5.41) is 3.06. The molecule has 0 aliphatic heterocycles. The zero-order valence-corrected chi connectivity index (χ0v) is 12.7. The van der Waals surface area contributed by atoms with Gasteiger partial charge < -0.3 is 5.32 Å². The Labute approximate surface area is 134 Å². The van der Waals surface area contributed by atoms with Gasteiger partial charge >= 0.3 is 0 Å². The van der Waals surface area contributed by atoms with Crippen molar-refractivity contribution in [1.29, 1.82) is 0 Å². The van der Waals surface area contributed by atoms with Crippen molar-refractivity contribution in [3.63, 3.8) is 0 Å². The van der Waals surface area contributed by atoms with Crippen LogP contribution in [0.15, 0.2) is 67.4 Å². The van der Waals surface area contributed by atoms with E-state index in [9.17, 15) is 4.79 Å². The van der Waals surface area contributed by atoms with Gasteiger partial charge in [0.15, 0.2) is 0 Å². The first-order chi connectivity index (χ1) is 11.3. The smallest absolute Gasteiger partial charge is 0.255 e. The van der Waals surface area contributed by atoms with Crippen LogP contribution in [-0.4, -0.2) is 20.9 Å². The summed E-state index contributed by atoms with van der Waals surface area (Å²) in [4.78, 5) is 24.7. The number of carbonyl (C=O) groups is 1. The van der Waals surface area contributed by atoms with Crippen LogP contribution in [0.3, 0.4) is 0 Å². The number of rotatable bonds is 4. The lowest BCUT2D eigenvalue weighted by Crippen LogP contribution is -2.30. The zero-order chi connectivity index (χ0) is 16.1. The van der Waals surface area contributed by atoms with Crippen LogP contribution in [0.2, 0.25) is 0 Å². The van der Waals surface area contributed by atoms with Gasteiger partial charge in [-0.1, -0.05) is 30.3 Å². The summed E-state index contributed by atoms with van der Waals surface area (Å²) in [5.41, 5.74) is 3.09. The molecule has 1 aromatic carbocycles. The first-order valence-corrected chi connectivity index (χ1v) is 7.28. The summed E-state index contributed by atoms with van der Waals surface area (Å²) in [6, 6.07) is 13.4. The minimum Gasteiger partial charge on any atom is -0.341 e. The molecule has 0 spiro atoms. The first kappa shape index (κ1) is 14.8. The molecule has 2 heterocycles.